The summed E-state index contributed by atoms with van der Waals surface area (Å²) in [5.74, 6) is -1.81. The summed E-state index contributed by atoms with van der Waals surface area (Å²) in [6, 6.07) is 12.5. The molecule has 0 saturated carbocycles. The topological polar surface area (TPSA) is 141 Å². The van der Waals surface area contributed by atoms with Gasteiger partial charge in [-0.2, -0.15) is 0 Å². The molecule has 3 rings (SSSR count). The summed E-state index contributed by atoms with van der Waals surface area (Å²) in [5, 5.41) is 8.62. The van der Waals surface area contributed by atoms with Gasteiger partial charge in [0.15, 0.2) is 6.04 Å². The summed E-state index contributed by atoms with van der Waals surface area (Å²) in [5.41, 5.74) is 0.457. The van der Waals surface area contributed by atoms with E-state index in [0.29, 0.717) is 16.3 Å². The Labute approximate surface area is 287 Å². The Hall–Kier alpha value is -4.19. The lowest BCUT2D eigenvalue weighted by Crippen LogP contribution is -2.55. The van der Waals surface area contributed by atoms with Crippen LogP contribution in [-0.4, -0.2) is 74.9 Å². The monoisotopic (exact) mass is 683 g/mol. The third-order valence-corrected chi connectivity index (χ3v) is 8.13. The van der Waals surface area contributed by atoms with Gasteiger partial charge < -0.3 is 34.9 Å². The van der Waals surface area contributed by atoms with Crippen molar-refractivity contribution in [2.75, 3.05) is 26.9 Å². The van der Waals surface area contributed by atoms with Crippen molar-refractivity contribution in [1.29, 1.82) is 0 Å². The van der Waals surface area contributed by atoms with E-state index in [9.17, 15) is 19.2 Å². The quantitative estimate of drug-likeness (QED) is 0.182. The van der Waals surface area contributed by atoms with Crippen molar-refractivity contribution in [2.24, 2.45) is 5.41 Å². The molecule has 0 bridgehead atoms. The van der Waals surface area contributed by atoms with Crippen LogP contribution in [0.3, 0.4) is 0 Å². The fourth-order valence-electron chi connectivity index (χ4n) is 4.89. The van der Waals surface area contributed by atoms with Crippen molar-refractivity contribution in [2.45, 2.75) is 70.9 Å². The summed E-state index contributed by atoms with van der Waals surface area (Å²) in [6.45, 7) is 10.4. The maximum absolute atomic E-state index is 13.5. The normalized spacial score (nSPS) is 22.7. The lowest BCUT2D eigenvalue weighted by molar-refractivity contribution is -0.164. The number of carbonyl (C=O) groups is 4. The first-order chi connectivity index (χ1) is 22.8. The molecule has 260 valence electrons. The van der Waals surface area contributed by atoms with E-state index in [0.717, 1.165) is 5.56 Å². The fourth-order valence-corrected chi connectivity index (χ4v) is 5.17. The molecule has 12 heteroatoms. The molecule has 0 unspecified atom stereocenters. The SMILES string of the molecule is C=CCOC[C@@H]1NC(=O)C(C)(C)CNC(=O)[C@@H](Cc2ccc(OC)c(Cl)c2)NC(=O)/C=C/C[C@@H]([C@H](C)O[C@@H](C)c2ccccc2)OC1=O. The van der Waals surface area contributed by atoms with Crippen molar-refractivity contribution in [3.8, 4) is 5.75 Å². The van der Waals surface area contributed by atoms with Crippen LogP contribution in [0.15, 0.2) is 73.3 Å². The minimum atomic E-state index is -1.17. The number of hydrogen-bond acceptors (Lipinski definition) is 8. The van der Waals surface area contributed by atoms with E-state index in [1.165, 1.54) is 19.3 Å². The largest absolute Gasteiger partial charge is 0.495 e. The van der Waals surface area contributed by atoms with Crippen LogP contribution in [0.4, 0.5) is 0 Å². The molecule has 48 heavy (non-hydrogen) atoms. The molecular formula is C36H46ClN3O8. The number of nitrogens with one attached hydrogen (secondary N) is 3. The zero-order valence-corrected chi connectivity index (χ0v) is 28.9. The molecule has 0 aliphatic carbocycles. The zero-order valence-electron chi connectivity index (χ0n) is 28.1. The Morgan fingerprint density at radius 1 is 1.06 bits per heavy atom. The van der Waals surface area contributed by atoms with Gasteiger partial charge in [-0.05, 0) is 57.0 Å². The van der Waals surface area contributed by atoms with Crippen molar-refractivity contribution >= 4 is 35.3 Å². The number of halogens is 1. The molecular weight excluding hydrogens is 638 g/mol. The summed E-state index contributed by atoms with van der Waals surface area (Å²) < 4.78 is 22.9. The van der Waals surface area contributed by atoms with E-state index in [4.69, 9.17) is 30.5 Å². The number of benzene rings is 2. The standard InChI is InChI=1S/C36H46ClN3O8/c1-7-18-46-21-29-34(43)48-30(24(3)47-23(2)26-12-9-8-10-13-26)14-11-15-32(41)39-28(20-25-16-17-31(45-6)27(37)19-25)33(42)38-22-36(4,5)35(44)40-29/h7-13,15-17,19,23-24,28-30H,1,14,18,20-22H2,2-6H3,(H,38,42)(H,39,41)(H,40,44)/b15-11+/t23-,24-,28+,29-,30-/m0/s1. The molecule has 0 aromatic heterocycles. The molecule has 3 amide bonds. The van der Waals surface area contributed by atoms with Gasteiger partial charge in [0, 0.05) is 19.4 Å². The maximum Gasteiger partial charge on any atom is 0.331 e. The Balaban J connectivity index is 1.92. The zero-order chi connectivity index (χ0) is 35.3. The Morgan fingerprint density at radius 3 is 2.46 bits per heavy atom. The molecule has 0 fully saturated rings. The highest BCUT2D eigenvalue weighted by atomic mass is 35.5. The number of rotatable bonds is 11. The van der Waals surface area contributed by atoms with Crippen LogP contribution in [0.2, 0.25) is 5.02 Å². The number of hydrogen-bond donors (Lipinski definition) is 3. The van der Waals surface area contributed by atoms with E-state index in [1.807, 2.05) is 37.3 Å². The first-order valence-corrected chi connectivity index (χ1v) is 16.2. The van der Waals surface area contributed by atoms with Gasteiger partial charge in [-0.15, -0.1) is 6.58 Å². The average Bonchev–Trinajstić information content (AvgIpc) is 3.06. The highest BCUT2D eigenvalue weighted by Crippen LogP contribution is 2.26. The smallest absolute Gasteiger partial charge is 0.331 e. The molecule has 11 nitrogen and oxygen atoms in total. The highest BCUT2D eigenvalue weighted by Gasteiger charge is 2.35. The lowest BCUT2D eigenvalue weighted by Gasteiger charge is -2.30. The predicted molar refractivity (Wildman–Crippen MR) is 182 cm³/mol. The van der Waals surface area contributed by atoms with Gasteiger partial charge in [0.25, 0.3) is 0 Å². The van der Waals surface area contributed by atoms with Crippen LogP contribution in [0, 0.1) is 5.41 Å². The molecule has 1 aliphatic heterocycles. The van der Waals surface area contributed by atoms with E-state index in [-0.39, 0.29) is 38.7 Å². The maximum atomic E-state index is 13.5. The summed E-state index contributed by atoms with van der Waals surface area (Å²) in [7, 11) is 1.50. The van der Waals surface area contributed by atoms with Gasteiger partial charge in [0.05, 0.1) is 43.0 Å². The van der Waals surface area contributed by atoms with Gasteiger partial charge >= 0.3 is 5.97 Å². The third kappa shape index (κ3) is 11.5. The van der Waals surface area contributed by atoms with Gasteiger partial charge in [-0.3, -0.25) is 14.4 Å². The predicted octanol–water partition coefficient (Wildman–Crippen LogP) is 4.24. The molecule has 1 heterocycles. The Kier molecular flexibility index (Phi) is 14.6. The second-order valence-corrected chi connectivity index (χ2v) is 12.6. The summed E-state index contributed by atoms with van der Waals surface area (Å²) >= 11 is 6.31. The Morgan fingerprint density at radius 2 is 1.79 bits per heavy atom. The van der Waals surface area contributed by atoms with Crippen LogP contribution >= 0.6 is 11.6 Å². The molecule has 0 radical (unpaired) electrons. The van der Waals surface area contributed by atoms with Crippen molar-refractivity contribution < 1.29 is 38.1 Å². The average molecular weight is 684 g/mol. The van der Waals surface area contributed by atoms with Crippen LogP contribution in [0.5, 0.6) is 5.75 Å². The number of methoxy groups -OCH3 is 1. The van der Waals surface area contributed by atoms with Gasteiger partial charge in [-0.1, -0.05) is 60.2 Å². The Bertz CT molecular complexity index is 1450. The van der Waals surface area contributed by atoms with E-state index >= 15 is 0 Å². The molecule has 0 saturated heterocycles. The molecule has 0 spiro atoms. The molecule has 1 aliphatic rings. The van der Waals surface area contributed by atoms with Crippen molar-refractivity contribution in [1.82, 2.24) is 16.0 Å². The first kappa shape index (κ1) is 38.3. The lowest BCUT2D eigenvalue weighted by atomic mass is 9.91. The van der Waals surface area contributed by atoms with Gasteiger partial charge in [0.2, 0.25) is 17.7 Å². The molecule has 2 aromatic carbocycles. The molecule has 3 N–H and O–H groups in total. The summed E-state index contributed by atoms with van der Waals surface area (Å²) in [4.78, 5) is 53.6. The molecule has 2 aromatic rings. The second kappa shape index (κ2) is 18.4. The van der Waals surface area contributed by atoms with E-state index in [1.54, 1.807) is 45.0 Å². The van der Waals surface area contributed by atoms with Crippen LogP contribution < -0.4 is 20.7 Å². The van der Waals surface area contributed by atoms with Gasteiger partial charge in [0.1, 0.15) is 17.9 Å². The second-order valence-electron chi connectivity index (χ2n) is 12.2. The van der Waals surface area contributed by atoms with E-state index in [2.05, 4.69) is 22.5 Å². The minimum Gasteiger partial charge on any atom is -0.495 e. The van der Waals surface area contributed by atoms with Crippen molar-refractivity contribution in [3.05, 3.63) is 89.5 Å². The van der Waals surface area contributed by atoms with E-state index < -0.39 is 53.4 Å². The minimum absolute atomic E-state index is 0.0938. The van der Waals surface area contributed by atoms with Crippen LogP contribution in [0.25, 0.3) is 0 Å². The molecule has 5 atom stereocenters. The highest BCUT2D eigenvalue weighted by molar-refractivity contribution is 6.32. The van der Waals surface area contributed by atoms with Crippen LogP contribution in [0.1, 0.15) is 51.3 Å². The number of carbonyl (C=O) groups excluding carboxylic acids is 4. The van der Waals surface area contributed by atoms with Gasteiger partial charge in [-0.25, -0.2) is 4.79 Å². The number of cyclic esters (lactones) is 1. The fraction of sp³-hybridized carbons (Fsp3) is 0.444. The number of ether oxygens (including phenoxy) is 4. The third-order valence-electron chi connectivity index (χ3n) is 7.83. The number of esters is 1. The first-order valence-electron chi connectivity index (χ1n) is 15.8. The van der Waals surface area contributed by atoms with Crippen LogP contribution in [-0.2, 0) is 39.8 Å². The number of amides is 3. The summed E-state index contributed by atoms with van der Waals surface area (Å²) in [6.07, 6.45) is 2.81. The van der Waals surface area contributed by atoms with Crippen molar-refractivity contribution in [3.63, 3.8) is 0 Å².